The van der Waals surface area contributed by atoms with Gasteiger partial charge in [0.25, 0.3) is 5.91 Å². The Kier molecular flexibility index (Phi) is 5.52. The first-order valence-electron chi connectivity index (χ1n) is 9.60. The fraction of sp³-hybridized carbons (Fsp3) is 0.174. The third-order valence-corrected chi connectivity index (χ3v) is 5.04. The first-order valence-corrected chi connectivity index (χ1v) is 9.98. The van der Waals surface area contributed by atoms with Crippen LogP contribution in [0.15, 0.2) is 57.7 Å². The quantitative estimate of drug-likeness (QED) is 0.462. The molecule has 1 amide bonds. The molecule has 0 radical (unpaired) electrons. The number of aryl methyl sites for hydroxylation is 3. The minimum absolute atomic E-state index is 0.251. The van der Waals surface area contributed by atoms with Gasteiger partial charge in [-0.15, -0.1) is 0 Å². The van der Waals surface area contributed by atoms with Gasteiger partial charge in [0.2, 0.25) is 0 Å². The van der Waals surface area contributed by atoms with Crippen LogP contribution < -0.4 is 15.7 Å². The summed E-state index contributed by atoms with van der Waals surface area (Å²) in [5, 5.41) is 8.28. The Morgan fingerprint density at radius 2 is 1.87 bits per heavy atom. The van der Waals surface area contributed by atoms with Crippen molar-refractivity contribution in [3.8, 4) is 11.4 Å². The van der Waals surface area contributed by atoms with E-state index in [9.17, 15) is 9.59 Å². The maximum absolute atomic E-state index is 12.5. The van der Waals surface area contributed by atoms with Crippen LogP contribution in [-0.2, 0) is 4.79 Å². The Hall–Kier alpha value is -3.58. The number of halogens is 1. The lowest BCUT2D eigenvalue weighted by Crippen LogP contribution is -2.22. The first kappa shape index (κ1) is 20.7. The average molecular weight is 438 g/mol. The molecule has 0 aliphatic heterocycles. The van der Waals surface area contributed by atoms with Crippen LogP contribution in [0, 0.1) is 20.8 Å². The van der Waals surface area contributed by atoms with Gasteiger partial charge in [0.1, 0.15) is 17.2 Å². The standard InChI is InChI=1S/C23H20ClN3O4/c1-13-4-6-16(7-5-13)27-21(9-15(3)26-27)25-22(28)12-30-20-11-19-17(10-18(20)24)14(2)8-23(29)31-19/h4-11H,12H2,1-3H3,(H,25,28). The van der Waals surface area contributed by atoms with Gasteiger partial charge in [0.05, 0.1) is 16.4 Å². The summed E-state index contributed by atoms with van der Waals surface area (Å²) in [5.41, 5.74) is 3.35. The van der Waals surface area contributed by atoms with Crippen molar-refractivity contribution in [2.45, 2.75) is 20.8 Å². The number of fused-ring (bicyclic) bond motifs is 1. The van der Waals surface area contributed by atoms with Gasteiger partial charge in [-0.1, -0.05) is 29.3 Å². The van der Waals surface area contributed by atoms with Gasteiger partial charge >= 0.3 is 5.63 Å². The molecule has 7 nitrogen and oxygen atoms in total. The molecule has 158 valence electrons. The molecule has 0 saturated carbocycles. The van der Waals surface area contributed by atoms with Crippen LogP contribution in [-0.4, -0.2) is 22.3 Å². The van der Waals surface area contributed by atoms with E-state index in [1.165, 1.54) is 12.1 Å². The summed E-state index contributed by atoms with van der Waals surface area (Å²) in [4.78, 5) is 24.1. The summed E-state index contributed by atoms with van der Waals surface area (Å²) in [7, 11) is 0. The van der Waals surface area contributed by atoms with Crippen LogP contribution in [0.3, 0.4) is 0 Å². The second-order valence-electron chi connectivity index (χ2n) is 7.28. The molecule has 2 aromatic heterocycles. The highest BCUT2D eigenvalue weighted by atomic mass is 35.5. The lowest BCUT2D eigenvalue weighted by Gasteiger charge is -2.11. The molecule has 2 aromatic carbocycles. The number of nitrogens with one attached hydrogen (secondary N) is 1. The summed E-state index contributed by atoms with van der Waals surface area (Å²) in [6.07, 6.45) is 0. The van der Waals surface area contributed by atoms with E-state index in [0.717, 1.165) is 22.5 Å². The number of aromatic nitrogens is 2. The Balaban J connectivity index is 1.51. The Morgan fingerprint density at radius 1 is 1.13 bits per heavy atom. The van der Waals surface area contributed by atoms with E-state index in [-0.39, 0.29) is 18.3 Å². The molecule has 0 aliphatic rings. The van der Waals surface area contributed by atoms with Gasteiger partial charge in [0, 0.05) is 23.6 Å². The van der Waals surface area contributed by atoms with E-state index in [1.54, 1.807) is 23.7 Å². The highest BCUT2D eigenvalue weighted by molar-refractivity contribution is 6.32. The van der Waals surface area contributed by atoms with Gasteiger partial charge in [-0.25, -0.2) is 9.48 Å². The molecule has 8 heteroatoms. The molecular formula is C23H20ClN3O4. The largest absolute Gasteiger partial charge is 0.482 e. The number of nitrogens with zero attached hydrogens (tertiary/aromatic N) is 2. The molecule has 0 fully saturated rings. The molecule has 0 saturated heterocycles. The summed E-state index contributed by atoms with van der Waals surface area (Å²) in [6, 6.07) is 14.1. The first-order chi connectivity index (χ1) is 14.8. The molecule has 0 bridgehead atoms. The summed E-state index contributed by atoms with van der Waals surface area (Å²) in [6.45, 7) is 5.37. The summed E-state index contributed by atoms with van der Waals surface area (Å²) >= 11 is 6.29. The van der Waals surface area contributed by atoms with E-state index in [2.05, 4.69) is 10.4 Å². The second kappa shape index (κ2) is 8.28. The maximum Gasteiger partial charge on any atom is 0.336 e. The maximum atomic E-state index is 12.5. The van der Waals surface area contributed by atoms with Crippen LogP contribution in [0.1, 0.15) is 16.8 Å². The second-order valence-corrected chi connectivity index (χ2v) is 7.69. The van der Waals surface area contributed by atoms with Crippen molar-refractivity contribution in [1.82, 2.24) is 9.78 Å². The summed E-state index contributed by atoms with van der Waals surface area (Å²) < 4.78 is 12.5. The molecule has 0 atom stereocenters. The summed E-state index contributed by atoms with van der Waals surface area (Å²) in [5.74, 6) is 0.401. The van der Waals surface area contributed by atoms with Gasteiger partial charge in [-0.05, 0) is 44.5 Å². The Bertz CT molecular complexity index is 1340. The van der Waals surface area contributed by atoms with E-state index >= 15 is 0 Å². The minimum atomic E-state index is -0.462. The Morgan fingerprint density at radius 3 is 2.61 bits per heavy atom. The molecular weight excluding hydrogens is 418 g/mol. The zero-order chi connectivity index (χ0) is 22.1. The van der Waals surface area contributed by atoms with Crippen LogP contribution >= 0.6 is 11.6 Å². The zero-order valence-corrected chi connectivity index (χ0v) is 18.0. The lowest BCUT2D eigenvalue weighted by atomic mass is 10.1. The third-order valence-electron chi connectivity index (χ3n) is 4.74. The van der Waals surface area contributed by atoms with Crippen LogP contribution in [0.4, 0.5) is 5.82 Å². The third kappa shape index (κ3) is 4.46. The highest BCUT2D eigenvalue weighted by Crippen LogP contribution is 2.31. The topological polar surface area (TPSA) is 86.4 Å². The lowest BCUT2D eigenvalue weighted by molar-refractivity contribution is -0.118. The molecule has 0 unspecified atom stereocenters. The van der Waals surface area contributed by atoms with E-state index < -0.39 is 5.63 Å². The van der Waals surface area contributed by atoms with Gasteiger partial charge in [-0.3, -0.25) is 4.79 Å². The number of hydrogen-bond donors (Lipinski definition) is 1. The number of amides is 1. The zero-order valence-electron chi connectivity index (χ0n) is 17.2. The number of rotatable bonds is 5. The number of hydrogen-bond acceptors (Lipinski definition) is 5. The minimum Gasteiger partial charge on any atom is -0.482 e. The number of carbonyl (C=O) groups excluding carboxylic acids is 1. The molecule has 1 N–H and O–H groups in total. The van der Waals surface area contributed by atoms with Crippen molar-refractivity contribution in [1.29, 1.82) is 0 Å². The molecule has 0 spiro atoms. The van der Waals surface area contributed by atoms with Crippen LogP contribution in [0.2, 0.25) is 5.02 Å². The van der Waals surface area contributed by atoms with Crippen molar-refractivity contribution in [3.63, 3.8) is 0 Å². The smallest absolute Gasteiger partial charge is 0.336 e. The molecule has 0 aliphatic carbocycles. The predicted octanol–water partition coefficient (Wildman–Crippen LogP) is 4.57. The van der Waals surface area contributed by atoms with Crippen molar-refractivity contribution in [3.05, 3.63) is 80.8 Å². The van der Waals surface area contributed by atoms with Gasteiger partial charge < -0.3 is 14.5 Å². The molecule has 4 rings (SSSR count). The number of carbonyl (C=O) groups is 1. The van der Waals surface area contributed by atoms with E-state index in [1.807, 2.05) is 38.1 Å². The predicted molar refractivity (Wildman–Crippen MR) is 119 cm³/mol. The average Bonchev–Trinajstić information content (AvgIpc) is 3.07. The van der Waals surface area contributed by atoms with Crippen LogP contribution in [0.25, 0.3) is 16.7 Å². The monoisotopic (exact) mass is 437 g/mol. The van der Waals surface area contributed by atoms with E-state index in [0.29, 0.717) is 21.8 Å². The van der Waals surface area contributed by atoms with E-state index in [4.69, 9.17) is 20.8 Å². The number of anilines is 1. The van der Waals surface area contributed by atoms with Crippen molar-refractivity contribution >= 4 is 34.3 Å². The van der Waals surface area contributed by atoms with Crippen molar-refractivity contribution in [2.75, 3.05) is 11.9 Å². The van der Waals surface area contributed by atoms with Crippen LogP contribution in [0.5, 0.6) is 5.75 Å². The number of ether oxygens (including phenoxy) is 1. The molecule has 31 heavy (non-hydrogen) atoms. The molecule has 2 heterocycles. The fourth-order valence-electron chi connectivity index (χ4n) is 3.22. The van der Waals surface area contributed by atoms with Gasteiger partial charge in [-0.2, -0.15) is 5.10 Å². The van der Waals surface area contributed by atoms with Gasteiger partial charge in [0.15, 0.2) is 6.61 Å². The Labute approximate surface area is 183 Å². The molecule has 4 aromatic rings. The highest BCUT2D eigenvalue weighted by Gasteiger charge is 2.14. The normalized spacial score (nSPS) is 11.0. The SMILES string of the molecule is Cc1ccc(-n2nc(C)cc2NC(=O)COc2cc3oc(=O)cc(C)c3cc2Cl)cc1. The number of benzene rings is 2. The fourth-order valence-corrected chi connectivity index (χ4v) is 3.44. The van der Waals surface area contributed by atoms with Crippen molar-refractivity contribution < 1.29 is 13.9 Å². The van der Waals surface area contributed by atoms with Crippen molar-refractivity contribution in [2.24, 2.45) is 0 Å².